The predicted octanol–water partition coefficient (Wildman–Crippen LogP) is 2.27. The number of carbonyl (C=O) groups is 1. The van der Waals surface area contributed by atoms with Gasteiger partial charge in [-0.1, -0.05) is 0 Å². The second-order valence-electron chi connectivity index (χ2n) is 4.33. The second-order valence-corrected chi connectivity index (χ2v) is 4.33. The molecular weight excluding hydrogens is 302 g/mol. The van der Waals surface area contributed by atoms with Gasteiger partial charge in [0.1, 0.15) is 5.82 Å². The van der Waals surface area contributed by atoms with Crippen molar-refractivity contribution in [3.63, 3.8) is 0 Å². The van der Waals surface area contributed by atoms with E-state index in [-0.39, 0.29) is 30.7 Å². The first-order chi connectivity index (χ1) is 9.63. The van der Waals surface area contributed by atoms with Crippen LogP contribution in [0.5, 0.6) is 5.75 Å². The first-order valence-electron chi connectivity index (χ1n) is 6.62. The van der Waals surface area contributed by atoms with Gasteiger partial charge in [-0.15, -0.1) is 12.4 Å². The first-order valence-corrected chi connectivity index (χ1v) is 6.62. The molecule has 0 aliphatic rings. The molecule has 0 saturated heterocycles. The van der Waals surface area contributed by atoms with Crippen LogP contribution >= 0.6 is 12.4 Å². The highest BCUT2D eigenvalue weighted by Crippen LogP contribution is 2.17. The van der Waals surface area contributed by atoms with Gasteiger partial charge in [-0.25, -0.2) is 8.78 Å². The van der Waals surface area contributed by atoms with Crippen LogP contribution in [0, 0.1) is 11.6 Å². The van der Waals surface area contributed by atoms with Gasteiger partial charge < -0.3 is 15.4 Å². The summed E-state index contributed by atoms with van der Waals surface area (Å²) in [4.78, 5) is 11.4. The molecule has 0 bridgehead atoms. The van der Waals surface area contributed by atoms with Crippen LogP contribution in [0.25, 0.3) is 0 Å². The van der Waals surface area contributed by atoms with E-state index in [1.807, 2.05) is 7.05 Å². The largest absolute Gasteiger partial charge is 0.491 e. The van der Waals surface area contributed by atoms with Gasteiger partial charge in [0.05, 0.1) is 6.61 Å². The molecule has 0 aliphatic carbocycles. The van der Waals surface area contributed by atoms with E-state index in [0.29, 0.717) is 19.4 Å². The zero-order chi connectivity index (χ0) is 14.8. The smallest absolute Gasteiger partial charge is 0.220 e. The molecule has 0 fully saturated rings. The van der Waals surface area contributed by atoms with Crippen LogP contribution < -0.4 is 15.4 Å². The van der Waals surface area contributed by atoms with Gasteiger partial charge in [0.2, 0.25) is 5.91 Å². The van der Waals surface area contributed by atoms with E-state index in [1.165, 1.54) is 6.07 Å². The van der Waals surface area contributed by atoms with Gasteiger partial charge in [-0.05, 0) is 38.6 Å². The molecule has 2 N–H and O–H groups in total. The Kier molecular flexibility index (Phi) is 10.5. The molecule has 0 atom stereocenters. The van der Waals surface area contributed by atoms with E-state index >= 15 is 0 Å². The van der Waals surface area contributed by atoms with Crippen molar-refractivity contribution in [2.75, 3.05) is 26.7 Å². The van der Waals surface area contributed by atoms with Gasteiger partial charge in [0.15, 0.2) is 11.6 Å². The molecule has 0 radical (unpaired) electrons. The Morgan fingerprint density at radius 1 is 1.24 bits per heavy atom. The third-order valence-corrected chi connectivity index (χ3v) is 2.63. The van der Waals surface area contributed by atoms with Crippen molar-refractivity contribution >= 4 is 18.3 Å². The lowest BCUT2D eigenvalue weighted by Gasteiger charge is -2.07. The highest BCUT2D eigenvalue weighted by atomic mass is 35.5. The molecular formula is C14H21ClF2N2O2. The monoisotopic (exact) mass is 322 g/mol. The molecule has 1 aromatic rings. The summed E-state index contributed by atoms with van der Waals surface area (Å²) in [6.45, 7) is 1.70. The minimum atomic E-state index is -0.735. The summed E-state index contributed by atoms with van der Waals surface area (Å²) >= 11 is 0. The van der Waals surface area contributed by atoms with Crippen molar-refractivity contribution in [1.29, 1.82) is 0 Å². The van der Waals surface area contributed by atoms with Crippen LogP contribution in [0.2, 0.25) is 0 Å². The van der Waals surface area contributed by atoms with Crippen LogP contribution in [0.15, 0.2) is 18.2 Å². The van der Waals surface area contributed by atoms with Crippen LogP contribution in [-0.2, 0) is 4.79 Å². The number of amides is 1. The summed E-state index contributed by atoms with van der Waals surface area (Å²) in [5.41, 5.74) is 0. The normalized spacial score (nSPS) is 9.86. The molecule has 0 heterocycles. The SMILES string of the molecule is CNCCCNC(=O)CCCOc1ccc(F)cc1F.Cl. The van der Waals surface area contributed by atoms with Gasteiger partial charge in [0.25, 0.3) is 0 Å². The zero-order valence-corrected chi connectivity index (χ0v) is 12.8. The molecule has 21 heavy (non-hydrogen) atoms. The van der Waals surface area contributed by atoms with Crippen molar-refractivity contribution in [2.45, 2.75) is 19.3 Å². The fourth-order valence-corrected chi connectivity index (χ4v) is 1.59. The number of nitrogens with one attached hydrogen (secondary N) is 2. The molecule has 120 valence electrons. The van der Waals surface area contributed by atoms with Gasteiger partial charge in [-0.2, -0.15) is 0 Å². The molecule has 4 nitrogen and oxygen atoms in total. The molecule has 0 aromatic heterocycles. The summed E-state index contributed by atoms with van der Waals surface area (Å²) in [6.07, 6.45) is 1.68. The van der Waals surface area contributed by atoms with E-state index in [1.54, 1.807) is 0 Å². The summed E-state index contributed by atoms with van der Waals surface area (Å²) < 4.78 is 31.0. The third kappa shape index (κ3) is 8.47. The van der Waals surface area contributed by atoms with Crippen molar-refractivity contribution < 1.29 is 18.3 Å². The van der Waals surface area contributed by atoms with Crippen molar-refractivity contribution in [3.8, 4) is 5.75 Å². The topological polar surface area (TPSA) is 50.4 Å². The van der Waals surface area contributed by atoms with E-state index in [2.05, 4.69) is 10.6 Å². The predicted molar refractivity (Wildman–Crippen MR) is 79.9 cm³/mol. The number of halogens is 3. The fourth-order valence-electron chi connectivity index (χ4n) is 1.59. The first kappa shape index (κ1) is 19.6. The molecule has 1 rings (SSSR count). The maximum Gasteiger partial charge on any atom is 0.220 e. The maximum atomic E-state index is 13.2. The summed E-state index contributed by atoms with van der Waals surface area (Å²) in [5.74, 6) is -1.43. The Hall–Kier alpha value is -1.40. The number of ether oxygens (including phenoxy) is 1. The number of carbonyl (C=O) groups excluding carboxylic acids is 1. The van der Waals surface area contributed by atoms with Crippen molar-refractivity contribution in [1.82, 2.24) is 10.6 Å². The number of rotatable bonds is 9. The van der Waals surface area contributed by atoms with Crippen LogP contribution in [0.1, 0.15) is 19.3 Å². The number of hydrogen-bond acceptors (Lipinski definition) is 3. The van der Waals surface area contributed by atoms with Gasteiger partial charge >= 0.3 is 0 Å². The lowest BCUT2D eigenvalue weighted by molar-refractivity contribution is -0.121. The molecule has 1 amide bonds. The van der Waals surface area contributed by atoms with Crippen LogP contribution in [0.3, 0.4) is 0 Å². The minimum Gasteiger partial charge on any atom is -0.491 e. The highest BCUT2D eigenvalue weighted by molar-refractivity contribution is 5.85. The maximum absolute atomic E-state index is 13.2. The third-order valence-electron chi connectivity index (χ3n) is 2.63. The van der Waals surface area contributed by atoms with E-state index in [4.69, 9.17) is 4.74 Å². The Morgan fingerprint density at radius 2 is 2.00 bits per heavy atom. The Labute approximate surface area is 129 Å². The highest BCUT2D eigenvalue weighted by Gasteiger charge is 2.05. The van der Waals surface area contributed by atoms with E-state index in [9.17, 15) is 13.6 Å². The molecule has 0 unspecified atom stereocenters. The minimum absolute atomic E-state index is 0. The van der Waals surface area contributed by atoms with Gasteiger partial charge in [-0.3, -0.25) is 4.79 Å². The molecule has 1 aromatic carbocycles. The Balaban J connectivity index is 0.00000400. The van der Waals surface area contributed by atoms with E-state index < -0.39 is 11.6 Å². The molecule has 0 saturated carbocycles. The Morgan fingerprint density at radius 3 is 2.67 bits per heavy atom. The van der Waals surface area contributed by atoms with Crippen molar-refractivity contribution in [3.05, 3.63) is 29.8 Å². The quantitative estimate of drug-likeness (QED) is 0.686. The lowest BCUT2D eigenvalue weighted by Crippen LogP contribution is -2.26. The fraction of sp³-hybridized carbons (Fsp3) is 0.500. The second kappa shape index (κ2) is 11.3. The van der Waals surface area contributed by atoms with Crippen LogP contribution in [0.4, 0.5) is 8.78 Å². The summed E-state index contributed by atoms with van der Waals surface area (Å²) in [7, 11) is 1.85. The molecule has 0 spiro atoms. The van der Waals surface area contributed by atoms with E-state index in [0.717, 1.165) is 25.1 Å². The summed E-state index contributed by atoms with van der Waals surface area (Å²) in [5, 5.41) is 5.76. The van der Waals surface area contributed by atoms with Gasteiger partial charge in [0, 0.05) is 19.0 Å². The zero-order valence-electron chi connectivity index (χ0n) is 12.0. The molecule has 7 heteroatoms. The lowest BCUT2D eigenvalue weighted by atomic mass is 10.3. The standard InChI is InChI=1S/C14H20F2N2O2.ClH/c1-17-7-3-8-18-14(19)4-2-9-20-13-6-5-11(15)10-12(13)16;/h5-6,10,17H,2-4,7-9H2,1H3,(H,18,19);1H. The number of hydrogen-bond donors (Lipinski definition) is 2. The number of benzene rings is 1. The summed E-state index contributed by atoms with van der Waals surface area (Å²) in [6, 6.07) is 3.14. The van der Waals surface area contributed by atoms with Crippen molar-refractivity contribution in [2.24, 2.45) is 0 Å². The average Bonchev–Trinajstić information content (AvgIpc) is 2.41. The Bertz CT molecular complexity index is 433. The molecule has 0 aliphatic heterocycles. The average molecular weight is 323 g/mol. The van der Waals surface area contributed by atoms with Crippen LogP contribution in [-0.4, -0.2) is 32.7 Å².